The van der Waals surface area contributed by atoms with E-state index >= 15 is 0 Å². The molecule has 6 heteroatoms. The predicted octanol–water partition coefficient (Wildman–Crippen LogP) is 4.06. The van der Waals surface area contributed by atoms with E-state index in [1.165, 1.54) is 22.3 Å². The topological polar surface area (TPSA) is 68.2 Å². The van der Waals surface area contributed by atoms with Crippen molar-refractivity contribution in [2.75, 3.05) is 19.8 Å². The van der Waals surface area contributed by atoms with Gasteiger partial charge >= 0.3 is 6.09 Å². The van der Waals surface area contributed by atoms with Gasteiger partial charge in [-0.05, 0) is 47.9 Å². The summed E-state index contributed by atoms with van der Waals surface area (Å²) in [6.07, 6.45) is 2.80. The monoisotopic (exact) mass is 435 g/mol. The number of amides is 1. The number of ether oxygens (including phenoxy) is 3. The van der Waals surface area contributed by atoms with E-state index < -0.39 is 5.60 Å². The molecule has 1 amide bonds. The second-order valence-corrected chi connectivity index (χ2v) is 9.60. The third kappa shape index (κ3) is 3.41. The van der Waals surface area contributed by atoms with Crippen LogP contribution in [0.4, 0.5) is 4.79 Å². The van der Waals surface area contributed by atoms with Crippen LogP contribution < -0.4 is 0 Å². The van der Waals surface area contributed by atoms with Crippen molar-refractivity contribution >= 4 is 6.09 Å². The molecule has 2 aromatic rings. The van der Waals surface area contributed by atoms with E-state index in [2.05, 4.69) is 36.4 Å². The van der Waals surface area contributed by atoms with Gasteiger partial charge in [-0.25, -0.2) is 4.79 Å². The quantitative estimate of drug-likeness (QED) is 0.785. The second-order valence-electron chi connectivity index (χ2n) is 9.60. The average Bonchev–Trinajstić information content (AvgIpc) is 3.48. The van der Waals surface area contributed by atoms with Gasteiger partial charge in [0.15, 0.2) is 6.29 Å². The van der Waals surface area contributed by atoms with Gasteiger partial charge in [0.25, 0.3) is 0 Å². The molecule has 4 aliphatic rings. The molecule has 0 aromatic heterocycles. The van der Waals surface area contributed by atoms with Gasteiger partial charge in [-0.3, -0.25) is 0 Å². The first kappa shape index (κ1) is 20.2. The van der Waals surface area contributed by atoms with Crippen molar-refractivity contribution in [3.8, 4) is 11.1 Å². The smallest absolute Gasteiger partial charge is 0.410 e. The molecule has 1 aliphatic carbocycles. The highest BCUT2D eigenvalue weighted by atomic mass is 16.7. The number of rotatable bonds is 4. The first-order chi connectivity index (χ1) is 15.6. The molecule has 2 unspecified atom stereocenters. The summed E-state index contributed by atoms with van der Waals surface area (Å²) in [7, 11) is 0. The van der Waals surface area contributed by atoms with Crippen LogP contribution >= 0.6 is 0 Å². The molecule has 3 heterocycles. The molecule has 3 aliphatic heterocycles. The largest absolute Gasteiger partial charge is 0.448 e. The minimum Gasteiger partial charge on any atom is -0.448 e. The van der Waals surface area contributed by atoms with Crippen molar-refractivity contribution in [3.05, 3.63) is 59.7 Å². The first-order valence-electron chi connectivity index (χ1n) is 11.7. The number of carbonyl (C=O) groups excluding carboxylic acids is 1. The van der Waals surface area contributed by atoms with Gasteiger partial charge in [-0.15, -0.1) is 0 Å². The maximum Gasteiger partial charge on any atom is 0.410 e. The lowest BCUT2D eigenvalue weighted by atomic mass is 9.83. The zero-order valence-electron chi connectivity index (χ0n) is 18.1. The molecule has 6 rings (SSSR count). The van der Waals surface area contributed by atoms with E-state index in [4.69, 9.17) is 14.2 Å². The molecule has 3 fully saturated rings. The van der Waals surface area contributed by atoms with Crippen LogP contribution in [0.3, 0.4) is 0 Å². The van der Waals surface area contributed by atoms with E-state index in [0.717, 1.165) is 12.8 Å². The van der Waals surface area contributed by atoms with Crippen LogP contribution in [0.25, 0.3) is 11.1 Å². The zero-order valence-corrected chi connectivity index (χ0v) is 18.1. The van der Waals surface area contributed by atoms with E-state index in [1.807, 2.05) is 17.0 Å². The zero-order chi connectivity index (χ0) is 21.7. The Morgan fingerprint density at radius 1 is 0.969 bits per heavy atom. The Balaban J connectivity index is 1.14. The molecule has 0 spiro atoms. The Bertz CT molecular complexity index is 957. The minimum atomic E-state index is -0.846. The summed E-state index contributed by atoms with van der Waals surface area (Å²) in [5.41, 5.74) is 4.04. The summed E-state index contributed by atoms with van der Waals surface area (Å²) in [5.74, 6) is 0.0578. The van der Waals surface area contributed by atoms with Crippen LogP contribution in [0.5, 0.6) is 0 Å². The number of benzene rings is 2. The molecule has 0 radical (unpaired) electrons. The summed E-state index contributed by atoms with van der Waals surface area (Å²) in [4.78, 5) is 15.1. The maximum absolute atomic E-state index is 13.2. The highest BCUT2D eigenvalue weighted by molar-refractivity contribution is 5.79. The Labute approximate surface area is 188 Å². The number of piperidine rings is 1. The van der Waals surface area contributed by atoms with Gasteiger partial charge in [0.1, 0.15) is 6.61 Å². The molecule has 0 saturated carbocycles. The van der Waals surface area contributed by atoms with Gasteiger partial charge in [-0.2, -0.15) is 0 Å². The fourth-order valence-electron chi connectivity index (χ4n) is 6.29. The highest BCUT2D eigenvalue weighted by Gasteiger charge is 2.51. The van der Waals surface area contributed by atoms with Crippen LogP contribution in [0.15, 0.2) is 48.5 Å². The number of carbonyl (C=O) groups is 1. The Kier molecular flexibility index (Phi) is 4.97. The minimum absolute atomic E-state index is 0.0100. The average molecular weight is 436 g/mol. The molecular formula is C26H29NO5. The lowest BCUT2D eigenvalue weighted by Gasteiger charge is -2.43. The third-order valence-electron chi connectivity index (χ3n) is 7.64. The Morgan fingerprint density at radius 2 is 1.53 bits per heavy atom. The predicted molar refractivity (Wildman–Crippen MR) is 118 cm³/mol. The summed E-state index contributed by atoms with van der Waals surface area (Å²) >= 11 is 0. The van der Waals surface area contributed by atoms with Crippen molar-refractivity contribution in [1.82, 2.24) is 4.90 Å². The van der Waals surface area contributed by atoms with Gasteiger partial charge < -0.3 is 24.2 Å². The third-order valence-corrected chi connectivity index (χ3v) is 7.64. The Morgan fingerprint density at radius 3 is 2.12 bits per heavy atom. The van der Waals surface area contributed by atoms with Gasteiger partial charge in [0.05, 0.1) is 18.8 Å². The lowest BCUT2D eigenvalue weighted by molar-refractivity contribution is -0.127. The lowest BCUT2D eigenvalue weighted by Crippen LogP contribution is -2.54. The van der Waals surface area contributed by atoms with Crippen LogP contribution in [0.2, 0.25) is 0 Å². The van der Waals surface area contributed by atoms with Crippen molar-refractivity contribution < 1.29 is 24.1 Å². The SMILES string of the molecule is O=C(OCC1c2ccccc2-c2ccccc21)N1C2CCC1CC(O)(CC1OCCO1)C2. The van der Waals surface area contributed by atoms with E-state index in [1.54, 1.807) is 0 Å². The van der Waals surface area contributed by atoms with E-state index in [-0.39, 0.29) is 30.4 Å². The van der Waals surface area contributed by atoms with Crippen molar-refractivity contribution in [1.29, 1.82) is 0 Å². The van der Waals surface area contributed by atoms with Crippen LogP contribution in [0.1, 0.15) is 49.1 Å². The number of nitrogens with zero attached hydrogens (tertiary/aromatic N) is 1. The normalized spacial score (nSPS) is 29.2. The maximum atomic E-state index is 13.2. The van der Waals surface area contributed by atoms with Crippen LogP contribution in [0, 0.1) is 0 Å². The molecule has 168 valence electrons. The van der Waals surface area contributed by atoms with Crippen molar-refractivity contribution in [2.24, 2.45) is 0 Å². The molecule has 2 aromatic carbocycles. The van der Waals surface area contributed by atoms with Crippen LogP contribution in [-0.4, -0.2) is 59.9 Å². The van der Waals surface area contributed by atoms with Crippen molar-refractivity contribution in [3.63, 3.8) is 0 Å². The molecule has 6 nitrogen and oxygen atoms in total. The first-order valence-corrected chi connectivity index (χ1v) is 11.7. The molecule has 1 N–H and O–H groups in total. The summed E-state index contributed by atoms with van der Waals surface area (Å²) in [5, 5.41) is 11.2. The number of hydrogen-bond acceptors (Lipinski definition) is 5. The number of aliphatic hydroxyl groups is 1. The summed E-state index contributed by atoms with van der Waals surface area (Å²) in [6.45, 7) is 1.50. The van der Waals surface area contributed by atoms with E-state index in [0.29, 0.717) is 39.1 Å². The molecule has 2 atom stereocenters. The van der Waals surface area contributed by atoms with Gasteiger partial charge in [0.2, 0.25) is 0 Å². The molecular weight excluding hydrogens is 406 g/mol. The van der Waals surface area contributed by atoms with Gasteiger partial charge in [0, 0.05) is 24.4 Å². The Hall–Kier alpha value is -2.41. The van der Waals surface area contributed by atoms with Gasteiger partial charge in [-0.1, -0.05) is 48.5 Å². The van der Waals surface area contributed by atoms with Crippen molar-refractivity contribution in [2.45, 2.75) is 62.0 Å². The summed E-state index contributed by atoms with van der Waals surface area (Å²) < 4.78 is 17.0. The number of fused-ring (bicyclic) bond motifs is 5. The highest BCUT2D eigenvalue weighted by Crippen LogP contribution is 2.46. The van der Waals surface area contributed by atoms with E-state index in [9.17, 15) is 9.90 Å². The fraction of sp³-hybridized carbons (Fsp3) is 0.500. The standard InChI is InChI=1S/C26H29NO5/c28-25(27-17-9-10-18(27)14-26(29,13-17)15-24-30-11-12-31-24)32-16-23-21-7-3-1-5-19(21)20-6-2-4-8-22(20)23/h1-8,17-18,23-24,29H,9-16H2. The summed E-state index contributed by atoms with van der Waals surface area (Å²) in [6, 6.07) is 16.8. The van der Waals surface area contributed by atoms with Crippen LogP contribution in [-0.2, 0) is 14.2 Å². The fourth-order valence-corrected chi connectivity index (χ4v) is 6.29. The second kappa shape index (κ2) is 7.87. The molecule has 2 bridgehead atoms. The molecule has 32 heavy (non-hydrogen) atoms. The molecule has 3 saturated heterocycles. The number of hydrogen-bond donors (Lipinski definition) is 1.